The van der Waals surface area contributed by atoms with Crippen molar-refractivity contribution in [1.29, 1.82) is 0 Å². The summed E-state index contributed by atoms with van der Waals surface area (Å²) in [7, 11) is 0. The highest BCUT2D eigenvalue weighted by Crippen LogP contribution is 2.44. The standard InChI is InChI=1S/C18H14N2O2S2/c21-16(10-22-12-6-2-1-3-7-12)19-18-20-17-13-8-4-5-9-14(13)23-11-15(17)24-18/h1-9H,10-11H2,(H,19,20,21). The Hall–Kier alpha value is -2.31. The molecule has 0 bridgehead atoms. The second kappa shape index (κ2) is 6.67. The predicted octanol–water partition coefficient (Wildman–Crippen LogP) is 4.43. The zero-order valence-corrected chi connectivity index (χ0v) is 14.3. The molecule has 0 fully saturated rings. The Morgan fingerprint density at radius 3 is 2.79 bits per heavy atom. The summed E-state index contributed by atoms with van der Waals surface area (Å²) in [5.41, 5.74) is 2.12. The third-order valence-electron chi connectivity index (χ3n) is 3.56. The first-order chi connectivity index (χ1) is 11.8. The molecular formula is C18H14N2O2S2. The minimum atomic E-state index is -0.203. The zero-order valence-electron chi connectivity index (χ0n) is 12.7. The molecule has 2 aromatic carbocycles. The molecule has 120 valence electrons. The third-order valence-corrected chi connectivity index (χ3v) is 5.81. The lowest BCUT2D eigenvalue weighted by Gasteiger charge is -2.13. The SMILES string of the molecule is O=C(COc1ccccc1)Nc1nc2c(s1)CSc1ccccc1-2. The van der Waals surface area contributed by atoms with E-state index in [0.717, 1.165) is 17.0 Å². The van der Waals surface area contributed by atoms with E-state index in [2.05, 4.69) is 22.4 Å². The largest absolute Gasteiger partial charge is 0.484 e. The Morgan fingerprint density at radius 1 is 1.12 bits per heavy atom. The average Bonchev–Trinajstić information content (AvgIpc) is 3.04. The van der Waals surface area contributed by atoms with E-state index >= 15 is 0 Å². The van der Waals surface area contributed by atoms with Crippen LogP contribution in [0.25, 0.3) is 11.3 Å². The van der Waals surface area contributed by atoms with Crippen LogP contribution in [-0.2, 0) is 10.5 Å². The van der Waals surface area contributed by atoms with E-state index in [1.165, 1.54) is 21.1 Å². The van der Waals surface area contributed by atoms with Crippen molar-refractivity contribution in [1.82, 2.24) is 4.98 Å². The highest BCUT2D eigenvalue weighted by Gasteiger charge is 2.21. The van der Waals surface area contributed by atoms with Gasteiger partial charge in [-0.15, -0.1) is 23.1 Å². The van der Waals surface area contributed by atoms with Crippen LogP contribution in [0.4, 0.5) is 5.13 Å². The van der Waals surface area contributed by atoms with Gasteiger partial charge in [0.2, 0.25) is 0 Å². The summed E-state index contributed by atoms with van der Waals surface area (Å²) in [6.07, 6.45) is 0. The number of thiazole rings is 1. The zero-order chi connectivity index (χ0) is 16.4. The van der Waals surface area contributed by atoms with Crippen molar-refractivity contribution in [2.45, 2.75) is 10.6 Å². The minimum absolute atomic E-state index is 0.0282. The predicted molar refractivity (Wildman–Crippen MR) is 97.7 cm³/mol. The topological polar surface area (TPSA) is 51.2 Å². The van der Waals surface area contributed by atoms with E-state index in [1.807, 2.05) is 42.5 Å². The number of nitrogens with one attached hydrogen (secondary N) is 1. The number of carbonyl (C=O) groups excluding carboxylic acids is 1. The number of benzene rings is 2. The van der Waals surface area contributed by atoms with Crippen LogP contribution in [0, 0.1) is 0 Å². The quantitative estimate of drug-likeness (QED) is 0.753. The fraction of sp³-hybridized carbons (Fsp3) is 0.111. The molecular weight excluding hydrogens is 340 g/mol. The van der Waals surface area contributed by atoms with Crippen molar-refractivity contribution in [2.75, 3.05) is 11.9 Å². The van der Waals surface area contributed by atoms with Crippen molar-refractivity contribution in [3.63, 3.8) is 0 Å². The van der Waals surface area contributed by atoms with Gasteiger partial charge in [-0.2, -0.15) is 0 Å². The third kappa shape index (κ3) is 3.16. The molecule has 3 aromatic rings. The second-order valence-corrected chi connectivity index (χ2v) is 7.33. The van der Waals surface area contributed by atoms with Crippen LogP contribution in [0.2, 0.25) is 0 Å². The first-order valence-electron chi connectivity index (χ1n) is 7.49. The number of thioether (sulfide) groups is 1. The van der Waals surface area contributed by atoms with Gasteiger partial charge in [-0.05, 0) is 18.2 Å². The monoisotopic (exact) mass is 354 g/mol. The van der Waals surface area contributed by atoms with Crippen LogP contribution in [0.3, 0.4) is 0 Å². The first kappa shape index (κ1) is 15.2. The first-order valence-corrected chi connectivity index (χ1v) is 9.29. The van der Waals surface area contributed by atoms with Gasteiger partial charge in [0.15, 0.2) is 11.7 Å². The molecule has 1 N–H and O–H groups in total. The van der Waals surface area contributed by atoms with E-state index in [9.17, 15) is 4.79 Å². The van der Waals surface area contributed by atoms with Gasteiger partial charge < -0.3 is 4.74 Å². The number of hydrogen-bond acceptors (Lipinski definition) is 5. The van der Waals surface area contributed by atoms with E-state index < -0.39 is 0 Å². The fourth-order valence-corrected chi connectivity index (χ4v) is 4.58. The Kier molecular flexibility index (Phi) is 4.23. The molecule has 24 heavy (non-hydrogen) atoms. The summed E-state index contributed by atoms with van der Waals surface area (Å²) < 4.78 is 5.46. The fourth-order valence-electron chi connectivity index (χ4n) is 2.47. The highest BCUT2D eigenvalue weighted by molar-refractivity contribution is 7.98. The van der Waals surface area contributed by atoms with Crippen molar-refractivity contribution >= 4 is 34.1 Å². The van der Waals surface area contributed by atoms with Crippen LogP contribution >= 0.6 is 23.1 Å². The van der Waals surface area contributed by atoms with Crippen LogP contribution in [0.15, 0.2) is 59.5 Å². The van der Waals surface area contributed by atoms with Crippen LogP contribution in [0.1, 0.15) is 4.88 Å². The molecule has 0 unspecified atom stereocenters. The van der Waals surface area contributed by atoms with Crippen molar-refractivity contribution in [3.05, 3.63) is 59.5 Å². The summed E-state index contributed by atoms with van der Waals surface area (Å²) in [6, 6.07) is 17.5. The van der Waals surface area contributed by atoms with E-state index in [4.69, 9.17) is 4.74 Å². The number of ether oxygens (including phenoxy) is 1. The van der Waals surface area contributed by atoms with Crippen molar-refractivity contribution < 1.29 is 9.53 Å². The van der Waals surface area contributed by atoms with Gasteiger partial charge in [-0.1, -0.05) is 36.4 Å². The summed E-state index contributed by atoms with van der Waals surface area (Å²) >= 11 is 3.33. The number of anilines is 1. The number of carbonyl (C=O) groups is 1. The van der Waals surface area contributed by atoms with E-state index in [-0.39, 0.29) is 12.5 Å². The molecule has 4 rings (SSSR count). The highest BCUT2D eigenvalue weighted by atomic mass is 32.2. The summed E-state index contributed by atoms with van der Waals surface area (Å²) in [5.74, 6) is 1.36. The maximum Gasteiger partial charge on any atom is 0.264 e. The van der Waals surface area contributed by atoms with Crippen LogP contribution in [0.5, 0.6) is 5.75 Å². The van der Waals surface area contributed by atoms with Gasteiger partial charge in [0.05, 0.1) is 5.69 Å². The summed E-state index contributed by atoms with van der Waals surface area (Å²) in [5, 5.41) is 3.46. The number of para-hydroxylation sites is 1. The van der Waals surface area contributed by atoms with Crippen molar-refractivity contribution in [3.8, 4) is 17.0 Å². The molecule has 1 amide bonds. The Morgan fingerprint density at radius 2 is 1.92 bits per heavy atom. The molecule has 0 saturated heterocycles. The Bertz CT molecular complexity index is 878. The molecule has 0 spiro atoms. The second-order valence-electron chi connectivity index (χ2n) is 5.23. The molecule has 6 heteroatoms. The van der Waals surface area contributed by atoms with Gasteiger partial charge in [0.25, 0.3) is 5.91 Å². The maximum atomic E-state index is 12.1. The summed E-state index contributed by atoms with van der Waals surface area (Å²) in [4.78, 5) is 19.1. The number of fused-ring (bicyclic) bond motifs is 3. The molecule has 2 heterocycles. The number of rotatable bonds is 4. The van der Waals surface area contributed by atoms with Gasteiger partial charge in [-0.25, -0.2) is 4.98 Å². The number of hydrogen-bond donors (Lipinski definition) is 1. The lowest BCUT2D eigenvalue weighted by molar-refractivity contribution is -0.118. The minimum Gasteiger partial charge on any atom is -0.484 e. The smallest absolute Gasteiger partial charge is 0.264 e. The Balaban J connectivity index is 1.45. The lowest BCUT2D eigenvalue weighted by atomic mass is 10.1. The number of aromatic nitrogens is 1. The van der Waals surface area contributed by atoms with Gasteiger partial charge >= 0.3 is 0 Å². The summed E-state index contributed by atoms with van der Waals surface area (Å²) in [6.45, 7) is -0.0282. The van der Waals surface area contributed by atoms with Gasteiger partial charge in [-0.3, -0.25) is 10.1 Å². The number of amides is 1. The maximum absolute atomic E-state index is 12.1. The number of nitrogens with zero attached hydrogens (tertiary/aromatic N) is 1. The van der Waals surface area contributed by atoms with Gasteiger partial charge in [0.1, 0.15) is 5.75 Å². The molecule has 0 aliphatic carbocycles. The molecule has 1 aliphatic heterocycles. The van der Waals surface area contributed by atoms with Crippen LogP contribution in [-0.4, -0.2) is 17.5 Å². The van der Waals surface area contributed by atoms with Gasteiger partial charge in [0, 0.05) is 21.1 Å². The van der Waals surface area contributed by atoms with E-state index in [0.29, 0.717) is 10.9 Å². The molecule has 0 atom stereocenters. The van der Waals surface area contributed by atoms with Crippen molar-refractivity contribution in [2.24, 2.45) is 0 Å². The normalized spacial score (nSPS) is 12.2. The molecule has 4 nitrogen and oxygen atoms in total. The Labute approximate surface area is 147 Å². The molecule has 0 radical (unpaired) electrons. The lowest BCUT2D eigenvalue weighted by Crippen LogP contribution is -2.20. The van der Waals surface area contributed by atoms with Crippen LogP contribution < -0.4 is 10.1 Å². The van der Waals surface area contributed by atoms with E-state index in [1.54, 1.807) is 11.8 Å². The average molecular weight is 354 g/mol. The molecule has 1 aliphatic rings. The molecule has 0 saturated carbocycles. The molecule has 1 aromatic heterocycles.